The van der Waals surface area contributed by atoms with Crippen molar-refractivity contribution in [1.29, 1.82) is 0 Å². The quantitative estimate of drug-likeness (QED) is 0.721. The van der Waals surface area contributed by atoms with Gasteiger partial charge in [0.2, 0.25) is 11.8 Å². The number of nitrogens with zero attached hydrogens (tertiary/aromatic N) is 3. The standard InChI is InChI=1S/C24H26F2N4O3/c25-19-6-4-17(5-7-19)23(32)27-8-9-28-10-12-29(13-11-28)24(33)18-14-22(31)30(16-18)21-3-1-2-20(26)15-21/h1-7,15,18H,8-14,16H2,(H,27,32). The zero-order valence-corrected chi connectivity index (χ0v) is 18.2. The van der Waals surface area contributed by atoms with Crippen LogP contribution in [0.25, 0.3) is 0 Å². The summed E-state index contributed by atoms with van der Waals surface area (Å²) in [4.78, 5) is 42.9. The van der Waals surface area contributed by atoms with Gasteiger partial charge in [0.25, 0.3) is 5.91 Å². The molecule has 2 fully saturated rings. The number of halogens is 2. The van der Waals surface area contributed by atoms with Crippen molar-refractivity contribution in [2.45, 2.75) is 6.42 Å². The number of carbonyl (C=O) groups is 3. The lowest BCUT2D eigenvalue weighted by molar-refractivity contribution is -0.137. The molecule has 1 atom stereocenters. The number of carbonyl (C=O) groups excluding carboxylic acids is 3. The Hall–Kier alpha value is -3.33. The van der Waals surface area contributed by atoms with Gasteiger partial charge in [-0.25, -0.2) is 8.78 Å². The Morgan fingerprint density at radius 1 is 0.970 bits per heavy atom. The molecule has 2 saturated heterocycles. The largest absolute Gasteiger partial charge is 0.351 e. The molecule has 0 aromatic heterocycles. The fourth-order valence-corrected chi connectivity index (χ4v) is 4.25. The first-order valence-electron chi connectivity index (χ1n) is 11.0. The molecule has 0 spiro atoms. The molecule has 2 aromatic carbocycles. The number of rotatable bonds is 6. The average molecular weight is 456 g/mol. The topological polar surface area (TPSA) is 73.0 Å². The molecule has 0 bridgehead atoms. The van der Waals surface area contributed by atoms with Crippen molar-refractivity contribution in [3.05, 3.63) is 65.7 Å². The van der Waals surface area contributed by atoms with E-state index in [2.05, 4.69) is 10.2 Å². The molecule has 2 aromatic rings. The van der Waals surface area contributed by atoms with Crippen molar-refractivity contribution in [1.82, 2.24) is 15.1 Å². The molecule has 1 unspecified atom stereocenters. The molecule has 9 heteroatoms. The monoisotopic (exact) mass is 456 g/mol. The van der Waals surface area contributed by atoms with Crippen molar-refractivity contribution in [3.63, 3.8) is 0 Å². The number of hydrogen-bond acceptors (Lipinski definition) is 4. The molecule has 4 rings (SSSR count). The highest BCUT2D eigenvalue weighted by atomic mass is 19.1. The van der Waals surface area contributed by atoms with Crippen LogP contribution in [-0.2, 0) is 9.59 Å². The Bertz CT molecular complexity index is 1020. The van der Waals surface area contributed by atoms with Gasteiger partial charge in [-0.15, -0.1) is 0 Å². The molecule has 3 amide bonds. The van der Waals surface area contributed by atoms with Crippen LogP contribution < -0.4 is 10.2 Å². The number of benzene rings is 2. The lowest BCUT2D eigenvalue weighted by Crippen LogP contribution is -2.51. The second-order valence-electron chi connectivity index (χ2n) is 8.31. The first kappa shape index (κ1) is 22.8. The smallest absolute Gasteiger partial charge is 0.251 e. The van der Waals surface area contributed by atoms with Crippen LogP contribution in [0.4, 0.5) is 14.5 Å². The zero-order valence-electron chi connectivity index (χ0n) is 18.2. The van der Waals surface area contributed by atoms with Crippen molar-refractivity contribution >= 4 is 23.4 Å². The van der Waals surface area contributed by atoms with E-state index >= 15 is 0 Å². The minimum Gasteiger partial charge on any atom is -0.351 e. The molecule has 1 N–H and O–H groups in total. The number of amides is 3. The Labute approximate surface area is 191 Å². The third-order valence-electron chi connectivity index (χ3n) is 6.10. The van der Waals surface area contributed by atoms with Gasteiger partial charge in [-0.1, -0.05) is 6.07 Å². The zero-order chi connectivity index (χ0) is 23.4. The second-order valence-corrected chi connectivity index (χ2v) is 8.31. The maximum atomic E-state index is 13.5. The van der Waals surface area contributed by atoms with E-state index in [0.29, 0.717) is 50.5 Å². The Morgan fingerprint density at radius 3 is 2.39 bits per heavy atom. The minimum absolute atomic E-state index is 0.0495. The van der Waals surface area contributed by atoms with E-state index in [4.69, 9.17) is 0 Å². The van der Waals surface area contributed by atoms with Gasteiger partial charge in [-0.05, 0) is 42.5 Å². The van der Waals surface area contributed by atoms with Crippen molar-refractivity contribution in [3.8, 4) is 0 Å². The van der Waals surface area contributed by atoms with Gasteiger partial charge in [0.05, 0.1) is 5.92 Å². The molecule has 0 radical (unpaired) electrons. The highest BCUT2D eigenvalue weighted by Gasteiger charge is 2.38. The first-order chi connectivity index (χ1) is 15.9. The Balaban J connectivity index is 1.21. The number of nitrogens with one attached hydrogen (secondary N) is 1. The average Bonchev–Trinajstić information content (AvgIpc) is 3.21. The molecule has 0 saturated carbocycles. The normalized spacial score (nSPS) is 19.1. The van der Waals surface area contributed by atoms with Gasteiger partial charge in [-0.3, -0.25) is 19.3 Å². The van der Waals surface area contributed by atoms with Crippen LogP contribution in [0.1, 0.15) is 16.8 Å². The summed E-state index contributed by atoms with van der Waals surface area (Å²) in [7, 11) is 0. The summed E-state index contributed by atoms with van der Waals surface area (Å²) in [5, 5.41) is 2.82. The van der Waals surface area contributed by atoms with Crippen molar-refractivity contribution < 1.29 is 23.2 Å². The molecule has 0 aliphatic carbocycles. The van der Waals surface area contributed by atoms with Gasteiger partial charge < -0.3 is 15.1 Å². The van der Waals surface area contributed by atoms with Crippen molar-refractivity contribution in [2.24, 2.45) is 5.92 Å². The molecule has 174 valence electrons. The predicted octanol–water partition coefficient (Wildman–Crippen LogP) is 1.89. The lowest BCUT2D eigenvalue weighted by Gasteiger charge is -2.35. The summed E-state index contributed by atoms with van der Waals surface area (Å²) in [6.07, 6.45) is 0.130. The van der Waals surface area contributed by atoms with Gasteiger partial charge in [0.15, 0.2) is 0 Å². The fourth-order valence-electron chi connectivity index (χ4n) is 4.25. The fraction of sp³-hybridized carbons (Fsp3) is 0.375. The highest BCUT2D eigenvalue weighted by molar-refractivity contribution is 6.00. The van der Waals surface area contributed by atoms with E-state index in [1.54, 1.807) is 17.0 Å². The lowest BCUT2D eigenvalue weighted by atomic mass is 10.1. The summed E-state index contributed by atoms with van der Waals surface area (Å²) in [5.74, 6) is -1.71. The maximum absolute atomic E-state index is 13.5. The van der Waals surface area contributed by atoms with E-state index < -0.39 is 11.7 Å². The highest BCUT2D eigenvalue weighted by Crippen LogP contribution is 2.27. The van der Waals surface area contributed by atoms with Crippen LogP contribution in [-0.4, -0.2) is 73.3 Å². The van der Waals surface area contributed by atoms with E-state index in [-0.39, 0.29) is 36.5 Å². The molecule has 7 nitrogen and oxygen atoms in total. The summed E-state index contributed by atoms with van der Waals surface area (Å²) < 4.78 is 26.5. The Kier molecular flexibility index (Phi) is 6.98. The van der Waals surface area contributed by atoms with Crippen LogP contribution >= 0.6 is 0 Å². The third-order valence-corrected chi connectivity index (χ3v) is 6.10. The molecule has 2 heterocycles. The SMILES string of the molecule is O=C(NCCN1CCN(C(=O)C2CC(=O)N(c3cccc(F)c3)C2)CC1)c1ccc(F)cc1. The van der Waals surface area contributed by atoms with E-state index in [0.717, 1.165) is 0 Å². The maximum Gasteiger partial charge on any atom is 0.251 e. The van der Waals surface area contributed by atoms with Gasteiger partial charge in [0, 0.05) is 63.5 Å². The van der Waals surface area contributed by atoms with Crippen molar-refractivity contribution in [2.75, 3.05) is 50.7 Å². The van der Waals surface area contributed by atoms with Crippen LogP contribution in [0.15, 0.2) is 48.5 Å². The third kappa shape index (κ3) is 5.54. The Morgan fingerprint density at radius 2 is 1.70 bits per heavy atom. The van der Waals surface area contributed by atoms with Gasteiger partial charge in [-0.2, -0.15) is 0 Å². The second kappa shape index (κ2) is 10.1. The van der Waals surface area contributed by atoms with Gasteiger partial charge in [0.1, 0.15) is 11.6 Å². The molecular formula is C24H26F2N4O3. The van der Waals surface area contributed by atoms with Crippen LogP contribution in [0, 0.1) is 17.6 Å². The summed E-state index contributed by atoms with van der Waals surface area (Å²) in [6, 6.07) is 11.2. The van der Waals surface area contributed by atoms with E-state index in [9.17, 15) is 23.2 Å². The minimum atomic E-state index is -0.428. The van der Waals surface area contributed by atoms with E-state index in [1.165, 1.54) is 41.3 Å². The number of anilines is 1. The number of hydrogen-bond donors (Lipinski definition) is 1. The summed E-state index contributed by atoms with van der Waals surface area (Å²) in [6.45, 7) is 3.80. The molecule has 2 aliphatic rings. The molecule has 2 aliphatic heterocycles. The first-order valence-corrected chi connectivity index (χ1v) is 11.0. The summed E-state index contributed by atoms with van der Waals surface area (Å²) >= 11 is 0. The number of piperazine rings is 1. The van der Waals surface area contributed by atoms with Gasteiger partial charge >= 0.3 is 0 Å². The van der Waals surface area contributed by atoms with E-state index in [1.807, 2.05) is 0 Å². The molecular weight excluding hydrogens is 430 g/mol. The van der Waals surface area contributed by atoms with Crippen LogP contribution in [0.2, 0.25) is 0 Å². The molecule has 33 heavy (non-hydrogen) atoms. The summed E-state index contributed by atoms with van der Waals surface area (Å²) in [5.41, 5.74) is 0.882. The van der Waals surface area contributed by atoms with Crippen LogP contribution in [0.5, 0.6) is 0 Å². The predicted molar refractivity (Wildman–Crippen MR) is 119 cm³/mol. The van der Waals surface area contributed by atoms with Crippen LogP contribution in [0.3, 0.4) is 0 Å².